The summed E-state index contributed by atoms with van der Waals surface area (Å²) in [5.74, 6) is -0.355. The van der Waals surface area contributed by atoms with E-state index < -0.39 is 21.9 Å². The fraction of sp³-hybridized carbons (Fsp3) is 0.333. The van der Waals surface area contributed by atoms with E-state index in [0.717, 1.165) is 12.1 Å². The quantitative estimate of drug-likeness (QED) is 0.663. The molecule has 0 bridgehead atoms. The number of halogens is 6. The Labute approximate surface area is 103 Å². The number of benzene rings is 1. The first kappa shape index (κ1) is 14.3. The van der Waals surface area contributed by atoms with Crippen molar-refractivity contribution < 1.29 is 27.8 Å². The van der Waals surface area contributed by atoms with Crippen LogP contribution in [0.15, 0.2) is 24.3 Å². The van der Waals surface area contributed by atoms with Gasteiger partial charge in [0.15, 0.2) is 0 Å². The standard InChI is InChI=1S/C9H6Cl2F4O2/c10-8(12,13)7(17,9(11,14)15)5-1-3-6(16)4-2-5/h1-4,16-17H. The molecule has 0 saturated heterocycles. The predicted molar refractivity (Wildman–Crippen MR) is 53.6 cm³/mol. The number of phenolic OH excluding ortho intramolecular Hbond substituents is 1. The fourth-order valence-electron chi connectivity index (χ4n) is 1.19. The monoisotopic (exact) mass is 292 g/mol. The van der Waals surface area contributed by atoms with E-state index in [9.17, 15) is 22.7 Å². The zero-order valence-electron chi connectivity index (χ0n) is 7.97. The average molecular weight is 293 g/mol. The molecule has 0 aliphatic carbocycles. The van der Waals surface area contributed by atoms with Gasteiger partial charge in [0.2, 0.25) is 5.60 Å². The van der Waals surface area contributed by atoms with Crippen LogP contribution < -0.4 is 0 Å². The lowest BCUT2D eigenvalue weighted by molar-refractivity contribution is -0.224. The molecule has 0 radical (unpaired) electrons. The molecule has 8 heteroatoms. The molecule has 0 aromatic heterocycles. The molecule has 2 nitrogen and oxygen atoms in total. The van der Waals surface area contributed by atoms with Gasteiger partial charge >= 0.3 is 10.8 Å². The molecule has 1 rings (SSSR count). The van der Waals surface area contributed by atoms with Crippen LogP contribution in [0.2, 0.25) is 0 Å². The lowest BCUT2D eigenvalue weighted by atomic mass is 9.94. The Bertz CT molecular complexity index is 383. The summed E-state index contributed by atoms with van der Waals surface area (Å²) in [5.41, 5.74) is -5.01. The second kappa shape index (κ2) is 4.19. The lowest BCUT2D eigenvalue weighted by Crippen LogP contribution is -2.52. The summed E-state index contributed by atoms with van der Waals surface area (Å²) in [6.45, 7) is 0. The fourth-order valence-corrected chi connectivity index (χ4v) is 1.69. The topological polar surface area (TPSA) is 40.5 Å². The highest BCUT2D eigenvalue weighted by Crippen LogP contribution is 2.52. The van der Waals surface area contributed by atoms with Crippen molar-refractivity contribution in [1.29, 1.82) is 0 Å². The van der Waals surface area contributed by atoms with E-state index in [1.807, 2.05) is 0 Å². The predicted octanol–water partition coefficient (Wildman–Crippen LogP) is 3.24. The van der Waals surface area contributed by atoms with Gasteiger partial charge in [-0.25, -0.2) is 0 Å². The summed E-state index contributed by atoms with van der Waals surface area (Å²) in [5, 5.41) is 8.91. The molecular weight excluding hydrogens is 287 g/mol. The van der Waals surface area contributed by atoms with E-state index in [1.165, 1.54) is 0 Å². The Hall–Kier alpha value is -0.720. The number of aliphatic hydroxyl groups is 1. The third-order valence-electron chi connectivity index (χ3n) is 2.11. The molecule has 0 amide bonds. The van der Waals surface area contributed by atoms with E-state index in [0.29, 0.717) is 12.1 Å². The molecule has 0 fully saturated rings. The Morgan fingerprint density at radius 3 is 1.53 bits per heavy atom. The largest absolute Gasteiger partial charge is 0.508 e. The van der Waals surface area contributed by atoms with E-state index in [2.05, 4.69) is 23.2 Å². The van der Waals surface area contributed by atoms with Gasteiger partial charge in [-0.05, 0) is 40.9 Å². The average Bonchev–Trinajstić information content (AvgIpc) is 2.14. The maximum atomic E-state index is 12.9. The molecule has 1 aromatic carbocycles. The summed E-state index contributed by atoms with van der Waals surface area (Å²) in [6.07, 6.45) is 0. The molecule has 1 aromatic rings. The molecule has 0 saturated carbocycles. The summed E-state index contributed by atoms with van der Waals surface area (Å²) in [7, 11) is 0. The van der Waals surface area contributed by atoms with Crippen LogP contribution in [0.3, 0.4) is 0 Å². The van der Waals surface area contributed by atoms with Crippen LogP contribution >= 0.6 is 23.2 Å². The maximum absolute atomic E-state index is 12.9. The Morgan fingerprint density at radius 1 is 0.882 bits per heavy atom. The van der Waals surface area contributed by atoms with Crippen LogP contribution in [0.1, 0.15) is 5.56 Å². The Balaban J connectivity index is 3.41. The van der Waals surface area contributed by atoms with Gasteiger partial charge in [-0.2, -0.15) is 17.6 Å². The van der Waals surface area contributed by atoms with E-state index in [4.69, 9.17) is 5.11 Å². The van der Waals surface area contributed by atoms with Crippen molar-refractivity contribution in [2.45, 2.75) is 16.4 Å². The second-order valence-electron chi connectivity index (χ2n) is 3.25. The molecule has 0 aliphatic heterocycles. The Kier molecular flexibility index (Phi) is 3.53. The minimum Gasteiger partial charge on any atom is -0.508 e. The van der Waals surface area contributed by atoms with Crippen molar-refractivity contribution in [3.8, 4) is 5.75 Å². The third-order valence-corrected chi connectivity index (χ3v) is 2.65. The van der Waals surface area contributed by atoms with E-state index in [-0.39, 0.29) is 5.75 Å². The molecular formula is C9H6Cl2F4O2. The van der Waals surface area contributed by atoms with Crippen LogP contribution in [0, 0.1) is 0 Å². The first-order valence-electron chi connectivity index (χ1n) is 4.15. The van der Waals surface area contributed by atoms with E-state index in [1.54, 1.807) is 0 Å². The molecule has 96 valence electrons. The van der Waals surface area contributed by atoms with Crippen LogP contribution in [0.25, 0.3) is 0 Å². The van der Waals surface area contributed by atoms with Crippen molar-refractivity contribution >= 4 is 23.2 Å². The zero-order chi connectivity index (χ0) is 13.5. The van der Waals surface area contributed by atoms with Crippen molar-refractivity contribution in [1.82, 2.24) is 0 Å². The van der Waals surface area contributed by atoms with Gasteiger partial charge < -0.3 is 10.2 Å². The van der Waals surface area contributed by atoms with Gasteiger partial charge in [-0.1, -0.05) is 12.1 Å². The number of rotatable bonds is 3. The normalized spacial score (nSPS) is 13.8. The van der Waals surface area contributed by atoms with Crippen molar-refractivity contribution in [2.75, 3.05) is 0 Å². The second-order valence-corrected chi connectivity index (χ2v) is 4.20. The molecule has 0 atom stereocenters. The molecule has 0 unspecified atom stereocenters. The summed E-state index contributed by atoms with van der Waals surface area (Å²) in [4.78, 5) is 0. The highest BCUT2D eigenvalue weighted by Gasteiger charge is 2.67. The molecule has 2 N–H and O–H groups in total. The smallest absolute Gasteiger partial charge is 0.361 e. The number of hydrogen-bond donors (Lipinski definition) is 2. The van der Waals surface area contributed by atoms with Gasteiger partial charge in [0.1, 0.15) is 5.75 Å². The first-order valence-corrected chi connectivity index (χ1v) is 4.91. The zero-order valence-corrected chi connectivity index (χ0v) is 9.48. The van der Waals surface area contributed by atoms with Gasteiger partial charge in [0, 0.05) is 0 Å². The minimum atomic E-state index is -4.70. The number of aromatic hydroxyl groups is 1. The van der Waals surface area contributed by atoms with E-state index >= 15 is 0 Å². The Morgan fingerprint density at radius 2 is 1.24 bits per heavy atom. The van der Waals surface area contributed by atoms with Gasteiger partial charge in [-0.15, -0.1) is 0 Å². The van der Waals surface area contributed by atoms with Crippen molar-refractivity contribution in [3.05, 3.63) is 29.8 Å². The molecule has 0 spiro atoms. The summed E-state index contributed by atoms with van der Waals surface area (Å²) in [6, 6.07) is 3.01. The van der Waals surface area contributed by atoms with Crippen LogP contribution in [-0.2, 0) is 5.60 Å². The molecule has 17 heavy (non-hydrogen) atoms. The van der Waals surface area contributed by atoms with Gasteiger partial charge in [0.05, 0.1) is 0 Å². The molecule has 0 aliphatic rings. The van der Waals surface area contributed by atoms with Crippen molar-refractivity contribution in [3.63, 3.8) is 0 Å². The van der Waals surface area contributed by atoms with Gasteiger partial charge in [-0.3, -0.25) is 0 Å². The summed E-state index contributed by atoms with van der Waals surface area (Å²) >= 11 is 8.98. The number of hydrogen-bond acceptors (Lipinski definition) is 2. The van der Waals surface area contributed by atoms with Gasteiger partial charge in [0.25, 0.3) is 0 Å². The van der Waals surface area contributed by atoms with Crippen LogP contribution in [-0.4, -0.2) is 21.0 Å². The minimum absolute atomic E-state index is 0.355. The maximum Gasteiger partial charge on any atom is 0.361 e. The SMILES string of the molecule is Oc1ccc(C(O)(C(F)(F)Cl)C(F)(F)Cl)cc1. The first-order chi connectivity index (χ1) is 7.50. The molecule has 0 heterocycles. The van der Waals surface area contributed by atoms with Crippen LogP contribution in [0.4, 0.5) is 17.6 Å². The third kappa shape index (κ3) is 2.43. The number of alkyl halides is 6. The highest BCUT2D eigenvalue weighted by atomic mass is 35.5. The lowest BCUT2D eigenvalue weighted by Gasteiger charge is -2.35. The van der Waals surface area contributed by atoms with Crippen molar-refractivity contribution in [2.24, 2.45) is 0 Å². The number of phenols is 1. The highest BCUT2D eigenvalue weighted by molar-refractivity contribution is 6.26. The summed E-state index contributed by atoms with van der Waals surface area (Å²) < 4.78 is 51.8. The van der Waals surface area contributed by atoms with Crippen LogP contribution in [0.5, 0.6) is 5.75 Å².